The molecule has 3 nitrogen and oxygen atoms in total. The van der Waals surface area contributed by atoms with Crippen molar-refractivity contribution in [1.29, 1.82) is 0 Å². The molecule has 3 heteroatoms. The summed E-state index contributed by atoms with van der Waals surface area (Å²) in [5, 5.41) is 10.2. The molecule has 1 aromatic carbocycles. The zero-order chi connectivity index (χ0) is 12.2. The third-order valence-corrected chi connectivity index (χ3v) is 2.99. The second-order valence-electron chi connectivity index (χ2n) is 4.27. The first-order valence-electron chi connectivity index (χ1n) is 5.60. The Morgan fingerprint density at radius 2 is 2.12 bits per heavy atom. The fraction of sp³-hybridized carbons (Fsp3) is 0.538. The predicted octanol–water partition coefficient (Wildman–Crippen LogP) is 1.65. The minimum Gasteiger partial charge on any atom is -0.496 e. The molecular weight excluding hydrogens is 202 g/mol. The zero-order valence-corrected chi connectivity index (χ0v) is 10.3. The van der Waals surface area contributed by atoms with Crippen LogP contribution < -0.4 is 10.5 Å². The fourth-order valence-electron chi connectivity index (χ4n) is 1.74. The highest BCUT2D eigenvalue weighted by molar-refractivity contribution is 5.37. The molecule has 0 spiro atoms. The molecule has 90 valence electrons. The Bertz CT molecular complexity index is 346. The second-order valence-corrected chi connectivity index (χ2v) is 4.27. The van der Waals surface area contributed by atoms with E-state index >= 15 is 0 Å². The Labute approximate surface area is 97.2 Å². The maximum Gasteiger partial charge on any atom is 0.122 e. The van der Waals surface area contributed by atoms with E-state index in [1.165, 1.54) is 0 Å². The lowest BCUT2D eigenvalue weighted by atomic mass is 9.91. The second kappa shape index (κ2) is 5.32. The highest BCUT2D eigenvalue weighted by atomic mass is 16.5. The van der Waals surface area contributed by atoms with Gasteiger partial charge in [-0.3, -0.25) is 0 Å². The predicted molar refractivity (Wildman–Crippen MR) is 65.7 cm³/mol. The monoisotopic (exact) mass is 223 g/mol. The molecule has 0 fully saturated rings. The standard InChI is InChI=1S/C13H21NO2/c1-4-13(15,9-14)8-11-7-10(2)5-6-12(11)16-3/h5-7,15H,4,8-9,14H2,1-3H3. The van der Waals surface area contributed by atoms with E-state index in [2.05, 4.69) is 0 Å². The molecule has 0 aliphatic rings. The number of rotatable bonds is 5. The van der Waals surface area contributed by atoms with Crippen LogP contribution in [0.5, 0.6) is 5.75 Å². The summed E-state index contributed by atoms with van der Waals surface area (Å²) in [7, 11) is 1.64. The van der Waals surface area contributed by atoms with E-state index < -0.39 is 5.60 Å². The minimum atomic E-state index is -0.832. The number of hydrogen-bond acceptors (Lipinski definition) is 3. The Morgan fingerprint density at radius 3 is 2.62 bits per heavy atom. The highest BCUT2D eigenvalue weighted by Gasteiger charge is 2.24. The maximum absolute atomic E-state index is 10.2. The van der Waals surface area contributed by atoms with E-state index in [0.29, 0.717) is 12.8 Å². The van der Waals surface area contributed by atoms with Crippen molar-refractivity contribution in [2.75, 3.05) is 13.7 Å². The van der Waals surface area contributed by atoms with Gasteiger partial charge in [0.1, 0.15) is 5.75 Å². The van der Waals surface area contributed by atoms with Crippen molar-refractivity contribution < 1.29 is 9.84 Å². The topological polar surface area (TPSA) is 55.5 Å². The average Bonchev–Trinajstić information content (AvgIpc) is 2.29. The maximum atomic E-state index is 10.2. The van der Waals surface area contributed by atoms with Gasteiger partial charge in [-0.2, -0.15) is 0 Å². The van der Waals surface area contributed by atoms with Gasteiger partial charge >= 0.3 is 0 Å². The lowest BCUT2D eigenvalue weighted by molar-refractivity contribution is 0.0450. The first-order valence-corrected chi connectivity index (χ1v) is 5.60. The molecule has 1 aromatic rings. The molecule has 3 N–H and O–H groups in total. The Hall–Kier alpha value is -1.06. The lowest BCUT2D eigenvalue weighted by Gasteiger charge is -2.26. The summed E-state index contributed by atoms with van der Waals surface area (Å²) >= 11 is 0. The normalized spacial score (nSPS) is 14.6. The number of aryl methyl sites for hydroxylation is 1. The van der Waals surface area contributed by atoms with Crippen molar-refractivity contribution in [2.45, 2.75) is 32.3 Å². The summed E-state index contributed by atoms with van der Waals surface area (Å²) in [6.45, 7) is 4.23. The van der Waals surface area contributed by atoms with E-state index in [1.807, 2.05) is 32.0 Å². The van der Waals surface area contributed by atoms with Crippen LogP contribution in [-0.4, -0.2) is 24.4 Å². The fourth-order valence-corrected chi connectivity index (χ4v) is 1.74. The van der Waals surface area contributed by atoms with Crippen LogP contribution in [0.2, 0.25) is 0 Å². The SMILES string of the molecule is CCC(O)(CN)Cc1cc(C)ccc1OC. The number of benzene rings is 1. The molecule has 0 aliphatic heterocycles. The van der Waals surface area contributed by atoms with Crippen LogP contribution in [0.15, 0.2) is 18.2 Å². The molecule has 0 bridgehead atoms. The van der Waals surface area contributed by atoms with Crippen molar-refractivity contribution in [1.82, 2.24) is 0 Å². The van der Waals surface area contributed by atoms with Crippen molar-refractivity contribution >= 4 is 0 Å². The summed E-state index contributed by atoms with van der Waals surface area (Å²) in [6.07, 6.45) is 1.17. The Balaban J connectivity index is 2.98. The van der Waals surface area contributed by atoms with Gasteiger partial charge in [-0.05, 0) is 25.0 Å². The molecule has 16 heavy (non-hydrogen) atoms. The summed E-state index contributed by atoms with van der Waals surface area (Å²) < 4.78 is 5.28. The van der Waals surface area contributed by atoms with E-state index in [-0.39, 0.29) is 6.54 Å². The van der Waals surface area contributed by atoms with Gasteiger partial charge in [-0.25, -0.2) is 0 Å². The van der Waals surface area contributed by atoms with Crippen LogP contribution >= 0.6 is 0 Å². The molecule has 0 amide bonds. The van der Waals surface area contributed by atoms with Gasteiger partial charge in [-0.1, -0.05) is 24.6 Å². The largest absolute Gasteiger partial charge is 0.496 e. The van der Waals surface area contributed by atoms with E-state index in [9.17, 15) is 5.11 Å². The smallest absolute Gasteiger partial charge is 0.122 e. The van der Waals surface area contributed by atoms with Gasteiger partial charge in [0.25, 0.3) is 0 Å². The van der Waals surface area contributed by atoms with Crippen molar-refractivity contribution in [3.63, 3.8) is 0 Å². The molecule has 1 unspecified atom stereocenters. The van der Waals surface area contributed by atoms with E-state index in [4.69, 9.17) is 10.5 Å². The van der Waals surface area contributed by atoms with Crippen LogP contribution in [0, 0.1) is 6.92 Å². The van der Waals surface area contributed by atoms with E-state index in [0.717, 1.165) is 16.9 Å². The Morgan fingerprint density at radius 1 is 1.44 bits per heavy atom. The molecular formula is C13H21NO2. The number of hydrogen-bond donors (Lipinski definition) is 2. The molecule has 1 atom stereocenters. The van der Waals surface area contributed by atoms with Crippen LogP contribution in [-0.2, 0) is 6.42 Å². The molecule has 0 aliphatic carbocycles. The van der Waals surface area contributed by atoms with Crippen molar-refractivity contribution in [3.8, 4) is 5.75 Å². The van der Waals surface area contributed by atoms with Gasteiger partial charge < -0.3 is 15.6 Å². The number of aliphatic hydroxyl groups is 1. The third kappa shape index (κ3) is 2.97. The average molecular weight is 223 g/mol. The van der Waals surface area contributed by atoms with Crippen molar-refractivity contribution in [2.24, 2.45) is 5.73 Å². The third-order valence-electron chi connectivity index (χ3n) is 2.99. The zero-order valence-electron chi connectivity index (χ0n) is 10.3. The van der Waals surface area contributed by atoms with Gasteiger partial charge in [0.15, 0.2) is 0 Å². The van der Waals surface area contributed by atoms with Crippen LogP contribution in [0.3, 0.4) is 0 Å². The number of nitrogens with two attached hydrogens (primary N) is 1. The lowest BCUT2D eigenvalue weighted by Crippen LogP contribution is -2.39. The van der Waals surface area contributed by atoms with Crippen LogP contribution in [0.1, 0.15) is 24.5 Å². The molecule has 0 saturated heterocycles. The van der Waals surface area contributed by atoms with Gasteiger partial charge in [0, 0.05) is 13.0 Å². The molecule has 0 radical (unpaired) electrons. The molecule has 0 aromatic heterocycles. The molecule has 1 rings (SSSR count). The highest BCUT2D eigenvalue weighted by Crippen LogP contribution is 2.25. The van der Waals surface area contributed by atoms with Gasteiger partial charge in [0.05, 0.1) is 12.7 Å². The van der Waals surface area contributed by atoms with Crippen LogP contribution in [0.4, 0.5) is 0 Å². The minimum absolute atomic E-state index is 0.264. The molecule has 0 saturated carbocycles. The first kappa shape index (κ1) is 13.0. The van der Waals surface area contributed by atoms with Gasteiger partial charge in [-0.15, -0.1) is 0 Å². The quantitative estimate of drug-likeness (QED) is 0.798. The summed E-state index contributed by atoms with van der Waals surface area (Å²) in [5.41, 5.74) is 6.94. The number of methoxy groups -OCH3 is 1. The van der Waals surface area contributed by atoms with Crippen molar-refractivity contribution in [3.05, 3.63) is 29.3 Å². The van der Waals surface area contributed by atoms with Crippen LogP contribution in [0.25, 0.3) is 0 Å². The van der Waals surface area contributed by atoms with E-state index in [1.54, 1.807) is 7.11 Å². The summed E-state index contributed by atoms with van der Waals surface area (Å²) in [6, 6.07) is 5.96. The Kier molecular flexibility index (Phi) is 4.33. The first-order chi connectivity index (χ1) is 7.54. The summed E-state index contributed by atoms with van der Waals surface area (Å²) in [5.74, 6) is 0.811. The van der Waals surface area contributed by atoms with Gasteiger partial charge in [0.2, 0.25) is 0 Å². The number of ether oxygens (including phenoxy) is 1. The summed E-state index contributed by atoms with van der Waals surface area (Å²) in [4.78, 5) is 0. The molecule has 0 heterocycles.